The molecule has 0 bridgehead atoms. The first-order valence-electron chi connectivity index (χ1n) is 4.93. The van der Waals surface area contributed by atoms with Gasteiger partial charge in [-0.25, -0.2) is 4.98 Å². The zero-order valence-corrected chi connectivity index (χ0v) is 10.3. The lowest BCUT2D eigenvalue weighted by atomic mass is 10.1. The Kier molecular flexibility index (Phi) is 3.08. The van der Waals surface area contributed by atoms with Gasteiger partial charge in [0, 0.05) is 10.4 Å². The molecule has 2 aromatic rings. The van der Waals surface area contributed by atoms with E-state index in [1.807, 2.05) is 0 Å². The van der Waals surface area contributed by atoms with E-state index >= 15 is 0 Å². The highest BCUT2D eigenvalue weighted by Gasteiger charge is 2.10. The van der Waals surface area contributed by atoms with E-state index in [0.717, 1.165) is 17.7 Å². The Balaban J connectivity index is 2.53. The van der Waals surface area contributed by atoms with Gasteiger partial charge in [0.1, 0.15) is 0 Å². The second-order valence-corrected chi connectivity index (χ2v) is 5.13. The van der Waals surface area contributed by atoms with Crippen LogP contribution in [-0.4, -0.2) is 4.98 Å². The molecule has 2 rings (SSSR count). The Morgan fingerprint density at radius 3 is 2.87 bits per heavy atom. The quantitative estimate of drug-likeness (QED) is 0.758. The van der Waals surface area contributed by atoms with E-state index in [4.69, 9.17) is 11.6 Å². The van der Waals surface area contributed by atoms with Gasteiger partial charge in [0.25, 0.3) is 0 Å². The Bertz CT molecular complexity index is 476. The summed E-state index contributed by atoms with van der Waals surface area (Å²) >= 11 is 7.51. The van der Waals surface area contributed by atoms with Crippen LogP contribution in [0.2, 0.25) is 4.47 Å². The molecule has 1 aromatic carbocycles. The Morgan fingerprint density at radius 1 is 1.40 bits per heavy atom. The standard InChI is InChI=1S/C12H12ClNS/c1-3-10-11(14-12(13)15-10)9-6-4-5-8(2)7-9/h4-7H,3H2,1-2H3. The molecular weight excluding hydrogens is 226 g/mol. The van der Waals surface area contributed by atoms with Crippen molar-refractivity contribution in [2.45, 2.75) is 20.3 Å². The van der Waals surface area contributed by atoms with E-state index in [1.165, 1.54) is 10.4 Å². The van der Waals surface area contributed by atoms with Crippen LogP contribution in [0.3, 0.4) is 0 Å². The van der Waals surface area contributed by atoms with Crippen molar-refractivity contribution >= 4 is 22.9 Å². The van der Waals surface area contributed by atoms with Crippen molar-refractivity contribution in [1.82, 2.24) is 4.98 Å². The molecule has 0 saturated heterocycles. The molecule has 1 nitrogen and oxygen atoms in total. The van der Waals surface area contributed by atoms with Gasteiger partial charge in [-0.2, -0.15) is 0 Å². The topological polar surface area (TPSA) is 12.9 Å². The average Bonchev–Trinajstić information content (AvgIpc) is 2.59. The molecule has 0 fully saturated rings. The third-order valence-corrected chi connectivity index (χ3v) is 3.59. The van der Waals surface area contributed by atoms with Crippen molar-refractivity contribution in [2.24, 2.45) is 0 Å². The number of nitrogens with zero attached hydrogens (tertiary/aromatic N) is 1. The van der Waals surface area contributed by atoms with Crippen LogP contribution >= 0.6 is 22.9 Å². The van der Waals surface area contributed by atoms with E-state index in [-0.39, 0.29) is 0 Å². The number of hydrogen-bond acceptors (Lipinski definition) is 2. The average molecular weight is 238 g/mol. The highest BCUT2D eigenvalue weighted by Crippen LogP contribution is 2.31. The highest BCUT2D eigenvalue weighted by molar-refractivity contribution is 7.16. The minimum absolute atomic E-state index is 0.628. The van der Waals surface area contributed by atoms with Gasteiger partial charge in [-0.15, -0.1) is 11.3 Å². The maximum Gasteiger partial charge on any atom is 0.184 e. The van der Waals surface area contributed by atoms with Gasteiger partial charge >= 0.3 is 0 Å². The molecule has 0 aliphatic heterocycles. The Labute approximate surface area is 98.7 Å². The van der Waals surface area contributed by atoms with Crippen LogP contribution in [0.15, 0.2) is 24.3 Å². The molecule has 15 heavy (non-hydrogen) atoms. The molecule has 0 aliphatic carbocycles. The number of rotatable bonds is 2. The van der Waals surface area contributed by atoms with Gasteiger partial charge in [-0.1, -0.05) is 42.3 Å². The van der Waals surface area contributed by atoms with Gasteiger partial charge in [0.05, 0.1) is 5.69 Å². The Morgan fingerprint density at radius 2 is 2.20 bits per heavy atom. The zero-order valence-electron chi connectivity index (χ0n) is 8.75. The maximum absolute atomic E-state index is 5.94. The fraction of sp³-hybridized carbons (Fsp3) is 0.250. The van der Waals surface area contributed by atoms with Crippen molar-refractivity contribution in [3.05, 3.63) is 39.2 Å². The first-order valence-corrected chi connectivity index (χ1v) is 6.12. The lowest BCUT2D eigenvalue weighted by molar-refractivity contribution is 1.17. The first kappa shape index (κ1) is 10.7. The van der Waals surface area contributed by atoms with Crippen LogP contribution in [0.1, 0.15) is 17.4 Å². The minimum Gasteiger partial charge on any atom is -0.225 e. The van der Waals surface area contributed by atoms with Gasteiger partial charge in [0.2, 0.25) is 0 Å². The predicted octanol–water partition coefficient (Wildman–Crippen LogP) is 4.33. The summed E-state index contributed by atoms with van der Waals surface area (Å²) in [5.41, 5.74) is 3.45. The van der Waals surface area contributed by atoms with Crippen molar-refractivity contribution in [2.75, 3.05) is 0 Å². The van der Waals surface area contributed by atoms with Gasteiger partial charge in [-0.3, -0.25) is 0 Å². The minimum atomic E-state index is 0.628. The zero-order chi connectivity index (χ0) is 10.8. The molecule has 0 saturated carbocycles. The Hall–Kier alpha value is -0.860. The molecule has 0 spiro atoms. The fourth-order valence-corrected chi connectivity index (χ4v) is 2.69. The summed E-state index contributed by atoms with van der Waals surface area (Å²) in [6.07, 6.45) is 0.980. The summed E-state index contributed by atoms with van der Waals surface area (Å²) in [5, 5.41) is 0. The number of thiazole rings is 1. The third kappa shape index (κ3) is 2.21. The molecule has 78 valence electrons. The number of hydrogen-bond donors (Lipinski definition) is 0. The summed E-state index contributed by atoms with van der Waals surface area (Å²) in [6, 6.07) is 8.36. The summed E-state index contributed by atoms with van der Waals surface area (Å²) in [6.45, 7) is 4.21. The normalized spacial score (nSPS) is 10.6. The van der Waals surface area contributed by atoms with Crippen LogP contribution in [0.5, 0.6) is 0 Å². The SMILES string of the molecule is CCc1sc(Cl)nc1-c1cccc(C)c1. The lowest BCUT2D eigenvalue weighted by Gasteiger charge is -2.01. The number of aryl methyl sites for hydroxylation is 2. The van der Waals surface area contributed by atoms with E-state index < -0.39 is 0 Å². The number of aromatic nitrogens is 1. The molecule has 1 aromatic heterocycles. The van der Waals surface area contributed by atoms with Crippen molar-refractivity contribution < 1.29 is 0 Å². The molecule has 1 heterocycles. The predicted molar refractivity (Wildman–Crippen MR) is 66.7 cm³/mol. The van der Waals surface area contributed by atoms with Crippen LogP contribution in [0, 0.1) is 6.92 Å². The number of benzene rings is 1. The molecule has 0 N–H and O–H groups in total. The van der Waals surface area contributed by atoms with E-state index in [9.17, 15) is 0 Å². The van der Waals surface area contributed by atoms with Gasteiger partial charge < -0.3 is 0 Å². The highest BCUT2D eigenvalue weighted by atomic mass is 35.5. The van der Waals surface area contributed by atoms with E-state index in [2.05, 4.69) is 43.1 Å². The van der Waals surface area contributed by atoms with Crippen molar-refractivity contribution in [1.29, 1.82) is 0 Å². The molecular formula is C12H12ClNS. The van der Waals surface area contributed by atoms with Crippen molar-refractivity contribution in [3.8, 4) is 11.3 Å². The largest absolute Gasteiger partial charge is 0.225 e. The van der Waals surface area contributed by atoms with Crippen LogP contribution in [0.25, 0.3) is 11.3 Å². The summed E-state index contributed by atoms with van der Waals surface area (Å²) in [5.74, 6) is 0. The fourth-order valence-electron chi connectivity index (χ4n) is 1.58. The van der Waals surface area contributed by atoms with Gasteiger partial charge in [0.15, 0.2) is 4.47 Å². The van der Waals surface area contributed by atoms with Crippen LogP contribution in [-0.2, 0) is 6.42 Å². The summed E-state index contributed by atoms with van der Waals surface area (Å²) in [7, 11) is 0. The summed E-state index contributed by atoms with van der Waals surface area (Å²) < 4.78 is 0.628. The molecule has 0 unspecified atom stereocenters. The first-order chi connectivity index (χ1) is 7.20. The molecule has 0 aliphatic rings. The van der Waals surface area contributed by atoms with E-state index in [1.54, 1.807) is 11.3 Å². The van der Waals surface area contributed by atoms with Gasteiger partial charge in [-0.05, 0) is 19.4 Å². The smallest absolute Gasteiger partial charge is 0.184 e. The number of halogens is 1. The third-order valence-electron chi connectivity index (χ3n) is 2.28. The van der Waals surface area contributed by atoms with Crippen LogP contribution < -0.4 is 0 Å². The monoisotopic (exact) mass is 237 g/mol. The summed E-state index contributed by atoms with van der Waals surface area (Å²) in [4.78, 5) is 5.63. The molecule has 0 atom stereocenters. The lowest BCUT2D eigenvalue weighted by Crippen LogP contribution is -1.84. The van der Waals surface area contributed by atoms with Crippen molar-refractivity contribution in [3.63, 3.8) is 0 Å². The van der Waals surface area contributed by atoms with Crippen LogP contribution in [0.4, 0.5) is 0 Å². The molecule has 3 heteroatoms. The molecule has 0 amide bonds. The second-order valence-electron chi connectivity index (χ2n) is 3.46. The van der Waals surface area contributed by atoms with E-state index in [0.29, 0.717) is 4.47 Å². The molecule has 0 radical (unpaired) electrons. The maximum atomic E-state index is 5.94. The second kappa shape index (κ2) is 4.33.